The number of hydrogen-bond donors (Lipinski definition) is 1. The Morgan fingerprint density at radius 3 is 2.75 bits per heavy atom. The molecule has 1 aliphatic rings. The highest BCUT2D eigenvalue weighted by Gasteiger charge is 2.39. The van der Waals surface area contributed by atoms with Gasteiger partial charge in [0.15, 0.2) is 5.67 Å². The highest BCUT2D eigenvalue weighted by molar-refractivity contribution is 9.10. The van der Waals surface area contributed by atoms with E-state index in [1.807, 2.05) is 35.2 Å². The van der Waals surface area contributed by atoms with E-state index >= 15 is 4.39 Å². The number of nitrogens with zero attached hydrogens (tertiary/aromatic N) is 3. The van der Waals surface area contributed by atoms with Gasteiger partial charge in [0, 0.05) is 22.6 Å². The first-order valence-corrected chi connectivity index (χ1v) is 9.02. The second kappa shape index (κ2) is 6.67. The number of rotatable bonds is 3. The van der Waals surface area contributed by atoms with Gasteiger partial charge in [-0.3, -0.25) is 0 Å². The van der Waals surface area contributed by atoms with Crippen molar-refractivity contribution in [2.45, 2.75) is 38.3 Å². The van der Waals surface area contributed by atoms with Crippen LogP contribution in [0.2, 0.25) is 0 Å². The Labute approximate surface area is 150 Å². The first kappa shape index (κ1) is 17.1. The number of aromatic nitrogens is 2. The molecule has 4 nitrogen and oxygen atoms in total. The minimum atomic E-state index is -1.41. The van der Waals surface area contributed by atoms with Crippen LogP contribution in [0, 0.1) is 0 Å². The molecule has 2 aromatic rings. The molecular weight excluding hydrogens is 371 g/mol. The summed E-state index contributed by atoms with van der Waals surface area (Å²) >= 11 is 3.48. The Morgan fingerprint density at radius 2 is 2.04 bits per heavy atom. The maximum absolute atomic E-state index is 15.7. The largest absolute Gasteiger partial charge is 0.368 e. The van der Waals surface area contributed by atoms with Crippen LogP contribution in [0.15, 0.2) is 34.8 Å². The van der Waals surface area contributed by atoms with Crippen molar-refractivity contribution in [1.82, 2.24) is 9.97 Å². The van der Waals surface area contributed by atoms with Gasteiger partial charge in [0.2, 0.25) is 5.95 Å². The molecule has 1 fully saturated rings. The third kappa shape index (κ3) is 3.38. The zero-order valence-electron chi connectivity index (χ0n) is 14.0. The van der Waals surface area contributed by atoms with E-state index in [2.05, 4.69) is 39.7 Å². The fourth-order valence-corrected chi connectivity index (χ4v) is 3.82. The lowest BCUT2D eigenvalue weighted by molar-refractivity contribution is 0.135. The van der Waals surface area contributed by atoms with Gasteiger partial charge in [-0.2, -0.15) is 4.98 Å². The number of anilines is 2. The molecule has 2 N–H and O–H groups in total. The highest BCUT2D eigenvalue weighted by atomic mass is 79.9. The third-order valence-corrected chi connectivity index (χ3v) is 5.16. The maximum atomic E-state index is 15.7. The molecule has 0 aliphatic carbocycles. The molecule has 1 aromatic heterocycles. The zero-order chi connectivity index (χ0) is 17.3. The van der Waals surface area contributed by atoms with E-state index in [4.69, 9.17) is 5.73 Å². The molecule has 3 rings (SSSR count). The van der Waals surface area contributed by atoms with E-state index in [1.54, 1.807) is 0 Å². The quantitative estimate of drug-likeness (QED) is 0.840. The molecule has 1 saturated heterocycles. The number of hydrogen-bond acceptors (Lipinski definition) is 4. The number of piperidine rings is 1. The molecule has 1 aliphatic heterocycles. The summed E-state index contributed by atoms with van der Waals surface area (Å²) in [5.74, 6) is 1.20. The maximum Gasteiger partial charge on any atom is 0.222 e. The van der Waals surface area contributed by atoms with Gasteiger partial charge < -0.3 is 10.6 Å². The van der Waals surface area contributed by atoms with Crippen molar-refractivity contribution >= 4 is 27.7 Å². The molecule has 1 atom stereocenters. The first-order chi connectivity index (χ1) is 11.4. The summed E-state index contributed by atoms with van der Waals surface area (Å²) in [5.41, 5.74) is 6.03. The van der Waals surface area contributed by atoms with E-state index in [-0.39, 0.29) is 18.4 Å². The SMILES string of the molecule is CC(C)c1cc(N2CCCC(F)(c3ccccc3Br)C2)nc(N)n1. The van der Waals surface area contributed by atoms with Gasteiger partial charge in [0.05, 0.1) is 12.2 Å². The molecular formula is C18H22BrFN4. The Morgan fingerprint density at radius 1 is 1.29 bits per heavy atom. The molecule has 24 heavy (non-hydrogen) atoms. The van der Waals surface area contributed by atoms with Gasteiger partial charge in [-0.15, -0.1) is 0 Å². The van der Waals surface area contributed by atoms with Crippen LogP contribution in [0.1, 0.15) is 43.9 Å². The number of nitrogen functional groups attached to an aromatic ring is 1. The summed E-state index contributed by atoms with van der Waals surface area (Å²) in [4.78, 5) is 10.6. The van der Waals surface area contributed by atoms with Crippen molar-refractivity contribution in [2.24, 2.45) is 0 Å². The van der Waals surface area contributed by atoms with Crippen molar-refractivity contribution in [2.75, 3.05) is 23.7 Å². The zero-order valence-corrected chi connectivity index (χ0v) is 15.6. The number of nitrogens with two attached hydrogens (primary N) is 1. The summed E-state index contributed by atoms with van der Waals surface area (Å²) in [5, 5.41) is 0. The van der Waals surface area contributed by atoms with Crippen molar-refractivity contribution < 1.29 is 4.39 Å². The lowest BCUT2D eigenvalue weighted by Gasteiger charge is -2.39. The number of benzene rings is 1. The lowest BCUT2D eigenvalue weighted by Crippen LogP contribution is -2.44. The standard InChI is InChI=1S/C18H22BrFN4/c1-12(2)15-10-16(23-17(21)22-15)24-9-5-8-18(20,11-24)13-6-3-4-7-14(13)19/h3-4,6-7,10,12H,5,8-9,11H2,1-2H3,(H2,21,22,23). The summed E-state index contributed by atoms with van der Waals surface area (Å²) in [7, 11) is 0. The van der Waals surface area contributed by atoms with E-state index in [0.29, 0.717) is 17.8 Å². The van der Waals surface area contributed by atoms with Crippen molar-refractivity contribution in [3.05, 3.63) is 46.1 Å². The molecule has 128 valence electrons. The first-order valence-electron chi connectivity index (χ1n) is 8.22. The van der Waals surface area contributed by atoms with E-state index < -0.39 is 5.67 Å². The topological polar surface area (TPSA) is 55.0 Å². The smallest absolute Gasteiger partial charge is 0.222 e. The molecule has 0 amide bonds. The third-order valence-electron chi connectivity index (χ3n) is 4.46. The predicted octanol–water partition coefficient (Wildman–Crippen LogP) is 4.41. The average Bonchev–Trinajstić information content (AvgIpc) is 2.54. The summed E-state index contributed by atoms with van der Waals surface area (Å²) in [6, 6.07) is 9.43. The van der Waals surface area contributed by atoms with Crippen molar-refractivity contribution in [3.8, 4) is 0 Å². The molecule has 1 unspecified atom stereocenters. The van der Waals surface area contributed by atoms with E-state index in [1.165, 1.54) is 0 Å². The van der Waals surface area contributed by atoms with Gasteiger partial charge in [-0.05, 0) is 24.8 Å². The minimum Gasteiger partial charge on any atom is -0.368 e. The molecule has 1 aromatic carbocycles. The second-order valence-electron chi connectivity index (χ2n) is 6.63. The van der Waals surface area contributed by atoms with Crippen LogP contribution in [-0.2, 0) is 5.67 Å². The second-order valence-corrected chi connectivity index (χ2v) is 7.49. The monoisotopic (exact) mass is 392 g/mol. The summed E-state index contributed by atoms with van der Waals surface area (Å²) < 4.78 is 16.5. The van der Waals surface area contributed by atoms with E-state index in [9.17, 15) is 0 Å². The van der Waals surface area contributed by atoms with Gasteiger partial charge in [-0.25, -0.2) is 9.37 Å². The Bertz CT molecular complexity index is 737. The lowest BCUT2D eigenvalue weighted by atomic mass is 9.87. The van der Waals surface area contributed by atoms with Gasteiger partial charge in [0.25, 0.3) is 0 Å². The molecule has 0 radical (unpaired) electrons. The summed E-state index contributed by atoms with van der Waals surface area (Å²) in [6.45, 7) is 5.15. The van der Waals surface area contributed by atoms with Crippen LogP contribution in [0.3, 0.4) is 0 Å². The Hall–Kier alpha value is -1.69. The summed E-state index contributed by atoms with van der Waals surface area (Å²) in [6.07, 6.45) is 1.27. The fourth-order valence-electron chi connectivity index (χ4n) is 3.18. The van der Waals surface area contributed by atoms with Crippen LogP contribution in [0.4, 0.5) is 16.2 Å². The van der Waals surface area contributed by atoms with Gasteiger partial charge in [-0.1, -0.05) is 48.0 Å². The molecule has 0 bridgehead atoms. The predicted molar refractivity (Wildman–Crippen MR) is 98.9 cm³/mol. The highest BCUT2D eigenvalue weighted by Crippen LogP contribution is 2.40. The van der Waals surface area contributed by atoms with Crippen LogP contribution >= 0.6 is 15.9 Å². The average molecular weight is 393 g/mol. The molecule has 2 heterocycles. The Balaban J connectivity index is 1.93. The molecule has 0 spiro atoms. The fraction of sp³-hybridized carbons (Fsp3) is 0.444. The van der Waals surface area contributed by atoms with Crippen LogP contribution in [0.5, 0.6) is 0 Å². The molecule has 0 saturated carbocycles. The van der Waals surface area contributed by atoms with Crippen LogP contribution in [0.25, 0.3) is 0 Å². The number of halogens is 2. The molecule has 6 heteroatoms. The van der Waals surface area contributed by atoms with Crippen LogP contribution in [-0.4, -0.2) is 23.1 Å². The number of alkyl halides is 1. The minimum absolute atomic E-state index is 0.243. The van der Waals surface area contributed by atoms with Crippen molar-refractivity contribution in [1.29, 1.82) is 0 Å². The van der Waals surface area contributed by atoms with Crippen molar-refractivity contribution in [3.63, 3.8) is 0 Å². The Kier molecular flexibility index (Phi) is 4.76. The normalized spacial score (nSPS) is 21.3. The van der Waals surface area contributed by atoms with E-state index in [0.717, 1.165) is 23.1 Å². The van der Waals surface area contributed by atoms with Gasteiger partial charge >= 0.3 is 0 Å². The van der Waals surface area contributed by atoms with Gasteiger partial charge in [0.1, 0.15) is 5.82 Å². The van der Waals surface area contributed by atoms with Crippen LogP contribution < -0.4 is 10.6 Å².